The van der Waals surface area contributed by atoms with Crippen LogP contribution in [0.3, 0.4) is 0 Å². The van der Waals surface area contributed by atoms with Gasteiger partial charge in [-0.2, -0.15) is 0 Å². The number of halogens is 2. The summed E-state index contributed by atoms with van der Waals surface area (Å²) in [5.41, 5.74) is 1.01. The molecule has 21 heavy (non-hydrogen) atoms. The first-order valence-corrected chi connectivity index (χ1v) is 8.53. The first-order valence-electron chi connectivity index (χ1n) is 7.36. The summed E-state index contributed by atoms with van der Waals surface area (Å²) in [4.78, 5) is 4.82. The molecule has 0 radical (unpaired) electrons. The van der Waals surface area contributed by atoms with Crippen molar-refractivity contribution < 1.29 is 5.11 Å². The second-order valence-corrected chi connectivity index (χ2v) is 7.80. The van der Waals surface area contributed by atoms with Gasteiger partial charge in [-0.25, -0.2) is 0 Å². The summed E-state index contributed by atoms with van der Waals surface area (Å²) in [6.45, 7) is 8.58. The maximum Gasteiger partial charge on any atom is 0.0816 e. The summed E-state index contributed by atoms with van der Waals surface area (Å²) in [5, 5.41) is 11.0. The van der Waals surface area contributed by atoms with Crippen LogP contribution in [-0.4, -0.2) is 53.7 Å². The van der Waals surface area contributed by atoms with E-state index in [4.69, 9.17) is 11.6 Å². The Labute approximate surface area is 141 Å². The smallest absolute Gasteiger partial charge is 0.0816 e. The monoisotopic (exact) mass is 374 g/mol. The molecular formula is C16H24BrClN2O. The zero-order valence-corrected chi connectivity index (χ0v) is 15.3. The summed E-state index contributed by atoms with van der Waals surface area (Å²) in [6, 6.07) is 5.65. The molecule has 1 fully saturated rings. The number of aliphatic hydroxyl groups excluding tert-OH is 1. The Morgan fingerprint density at radius 2 is 2.10 bits per heavy atom. The second kappa shape index (κ2) is 6.97. The van der Waals surface area contributed by atoms with E-state index in [0.29, 0.717) is 11.4 Å². The van der Waals surface area contributed by atoms with E-state index in [1.807, 2.05) is 18.2 Å². The molecule has 0 aromatic heterocycles. The minimum atomic E-state index is -0.506. The van der Waals surface area contributed by atoms with Gasteiger partial charge in [-0.1, -0.05) is 33.6 Å². The van der Waals surface area contributed by atoms with Crippen LogP contribution in [-0.2, 0) is 0 Å². The topological polar surface area (TPSA) is 26.7 Å². The average molecular weight is 376 g/mol. The number of piperazine rings is 1. The SMILES string of the molecule is CN1CCN(CCC(O)c2ccc(Br)cc2Cl)CC1(C)C. The zero-order chi connectivity index (χ0) is 15.6. The average Bonchev–Trinajstić information content (AvgIpc) is 2.39. The Bertz CT molecular complexity index is 495. The number of aliphatic hydroxyl groups is 1. The van der Waals surface area contributed by atoms with Gasteiger partial charge in [-0.05, 0) is 45.0 Å². The summed E-state index contributed by atoms with van der Waals surface area (Å²) in [6.07, 6.45) is 0.203. The van der Waals surface area contributed by atoms with Crippen molar-refractivity contribution in [2.45, 2.75) is 31.9 Å². The van der Waals surface area contributed by atoms with E-state index in [-0.39, 0.29) is 5.54 Å². The summed E-state index contributed by atoms with van der Waals surface area (Å²) < 4.78 is 0.935. The molecule has 118 valence electrons. The van der Waals surface area contributed by atoms with E-state index in [1.54, 1.807) is 0 Å². The van der Waals surface area contributed by atoms with Gasteiger partial charge in [0.2, 0.25) is 0 Å². The van der Waals surface area contributed by atoms with E-state index in [0.717, 1.165) is 36.2 Å². The van der Waals surface area contributed by atoms with Gasteiger partial charge in [0.05, 0.1) is 6.10 Å². The molecule has 3 nitrogen and oxygen atoms in total. The molecule has 1 heterocycles. The quantitative estimate of drug-likeness (QED) is 0.872. The molecule has 1 aliphatic rings. The molecule has 2 rings (SSSR count). The van der Waals surface area contributed by atoms with Gasteiger partial charge in [0.1, 0.15) is 0 Å². The third kappa shape index (κ3) is 4.42. The number of hydrogen-bond acceptors (Lipinski definition) is 3. The molecule has 0 bridgehead atoms. The molecule has 1 N–H and O–H groups in total. The van der Waals surface area contributed by atoms with Gasteiger partial charge in [0.15, 0.2) is 0 Å². The number of hydrogen-bond donors (Lipinski definition) is 1. The molecule has 1 saturated heterocycles. The molecule has 1 aliphatic heterocycles. The van der Waals surface area contributed by atoms with E-state index >= 15 is 0 Å². The summed E-state index contributed by atoms with van der Waals surface area (Å²) in [7, 11) is 2.17. The largest absolute Gasteiger partial charge is 0.388 e. The van der Waals surface area contributed by atoms with Gasteiger partial charge >= 0.3 is 0 Å². The van der Waals surface area contributed by atoms with E-state index in [1.165, 1.54) is 0 Å². The van der Waals surface area contributed by atoms with Gasteiger partial charge in [-0.3, -0.25) is 4.90 Å². The van der Waals surface area contributed by atoms with E-state index in [9.17, 15) is 5.11 Å². The predicted octanol–water partition coefficient (Wildman–Crippen LogP) is 3.55. The third-order valence-corrected chi connectivity index (χ3v) is 5.26. The fourth-order valence-corrected chi connectivity index (χ4v) is 3.56. The Morgan fingerprint density at radius 3 is 2.71 bits per heavy atom. The maximum atomic E-state index is 10.4. The van der Waals surface area contributed by atoms with E-state index < -0.39 is 6.10 Å². The van der Waals surface area contributed by atoms with Crippen LogP contribution in [0.1, 0.15) is 31.9 Å². The maximum absolute atomic E-state index is 10.4. The number of nitrogens with zero attached hydrogens (tertiary/aromatic N) is 2. The number of benzene rings is 1. The lowest BCUT2D eigenvalue weighted by Crippen LogP contribution is -2.57. The van der Waals surface area contributed by atoms with Crippen LogP contribution >= 0.6 is 27.5 Å². The summed E-state index contributed by atoms with van der Waals surface area (Å²) in [5.74, 6) is 0. The third-order valence-electron chi connectivity index (χ3n) is 4.44. The van der Waals surface area contributed by atoms with Crippen LogP contribution in [0.15, 0.2) is 22.7 Å². The second-order valence-electron chi connectivity index (χ2n) is 6.48. The van der Waals surface area contributed by atoms with Crippen LogP contribution in [0.25, 0.3) is 0 Å². The van der Waals surface area contributed by atoms with Crippen molar-refractivity contribution in [3.8, 4) is 0 Å². The molecule has 1 aromatic carbocycles. The first-order chi connectivity index (χ1) is 9.79. The van der Waals surface area contributed by atoms with Gasteiger partial charge in [0, 0.05) is 41.2 Å². The molecule has 0 spiro atoms. The van der Waals surface area contributed by atoms with Crippen LogP contribution < -0.4 is 0 Å². The molecule has 1 unspecified atom stereocenters. The fourth-order valence-electron chi connectivity index (χ4n) is 2.76. The first kappa shape index (κ1) is 17.2. The molecule has 0 aliphatic carbocycles. The molecule has 1 atom stereocenters. The van der Waals surface area contributed by atoms with Crippen LogP contribution in [0, 0.1) is 0 Å². The van der Waals surface area contributed by atoms with Gasteiger partial charge in [-0.15, -0.1) is 0 Å². The highest BCUT2D eigenvalue weighted by Crippen LogP contribution is 2.29. The van der Waals surface area contributed by atoms with Crippen molar-refractivity contribution in [3.63, 3.8) is 0 Å². The van der Waals surface area contributed by atoms with Crippen molar-refractivity contribution in [2.75, 3.05) is 33.2 Å². The minimum Gasteiger partial charge on any atom is -0.388 e. The Balaban J connectivity index is 1.91. The van der Waals surface area contributed by atoms with Crippen molar-refractivity contribution in [1.29, 1.82) is 0 Å². The summed E-state index contributed by atoms with van der Waals surface area (Å²) >= 11 is 9.59. The predicted molar refractivity (Wildman–Crippen MR) is 91.9 cm³/mol. The Kier molecular flexibility index (Phi) is 5.71. The van der Waals surface area contributed by atoms with Gasteiger partial charge < -0.3 is 10.0 Å². The highest BCUT2D eigenvalue weighted by molar-refractivity contribution is 9.10. The number of rotatable bonds is 4. The van der Waals surface area contributed by atoms with Gasteiger partial charge in [0.25, 0.3) is 0 Å². The van der Waals surface area contributed by atoms with Crippen LogP contribution in [0.4, 0.5) is 0 Å². The minimum absolute atomic E-state index is 0.193. The van der Waals surface area contributed by atoms with Crippen molar-refractivity contribution in [1.82, 2.24) is 9.80 Å². The number of likely N-dealkylation sites (N-methyl/N-ethyl adjacent to an activating group) is 1. The lowest BCUT2D eigenvalue weighted by Gasteiger charge is -2.45. The standard InChI is InChI=1S/C16H24BrClN2O/c1-16(2)11-20(9-8-19(16)3)7-6-15(21)13-5-4-12(17)10-14(13)18/h4-5,10,15,21H,6-9,11H2,1-3H3. The van der Waals surface area contributed by atoms with Crippen molar-refractivity contribution in [3.05, 3.63) is 33.3 Å². The Hall–Kier alpha value is -0.130. The molecule has 1 aromatic rings. The Morgan fingerprint density at radius 1 is 1.38 bits per heavy atom. The lowest BCUT2D eigenvalue weighted by molar-refractivity contribution is 0.0313. The molecule has 5 heteroatoms. The van der Waals surface area contributed by atoms with Crippen molar-refractivity contribution in [2.24, 2.45) is 0 Å². The molecule has 0 amide bonds. The fraction of sp³-hybridized carbons (Fsp3) is 0.625. The highest BCUT2D eigenvalue weighted by Gasteiger charge is 2.30. The molecule has 0 saturated carbocycles. The van der Waals surface area contributed by atoms with E-state index in [2.05, 4.69) is 46.6 Å². The normalized spacial score (nSPS) is 21.4. The highest BCUT2D eigenvalue weighted by atomic mass is 79.9. The zero-order valence-electron chi connectivity index (χ0n) is 12.9. The molecular weight excluding hydrogens is 352 g/mol. The van der Waals surface area contributed by atoms with Crippen LogP contribution in [0.5, 0.6) is 0 Å². The lowest BCUT2D eigenvalue weighted by atomic mass is 9.99. The van der Waals surface area contributed by atoms with Crippen LogP contribution in [0.2, 0.25) is 5.02 Å². The van der Waals surface area contributed by atoms with Crippen molar-refractivity contribution >= 4 is 27.5 Å².